The molecule has 0 saturated heterocycles. The first kappa shape index (κ1) is 9.98. The smallest absolute Gasteiger partial charge is 0.274 e. The van der Waals surface area contributed by atoms with Gasteiger partial charge in [0.25, 0.3) is 5.91 Å². The fourth-order valence-corrected chi connectivity index (χ4v) is 1.18. The van der Waals surface area contributed by atoms with E-state index in [0.29, 0.717) is 18.1 Å². The van der Waals surface area contributed by atoms with E-state index in [1.807, 2.05) is 0 Å². The number of benzene rings is 1. The number of aromatic hydroxyl groups is 1. The molecule has 0 spiro atoms. The number of carbonyl (C=O) groups excluding carboxylic acids is 1. The van der Waals surface area contributed by atoms with Crippen molar-refractivity contribution in [1.29, 1.82) is 0 Å². The maximum absolute atomic E-state index is 11.4. The summed E-state index contributed by atoms with van der Waals surface area (Å²) in [6.45, 7) is 0.587. The fourth-order valence-electron chi connectivity index (χ4n) is 1.18. The first-order chi connectivity index (χ1) is 7.25. The number of hydrogen-bond acceptors (Lipinski definition) is 3. The average Bonchev–Trinajstić information content (AvgIpc) is 3.02. The van der Waals surface area contributed by atoms with Crippen molar-refractivity contribution in [1.82, 2.24) is 5.48 Å². The first-order valence-corrected chi connectivity index (χ1v) is 4.97. The van der Waals surface area contributed by atoms with Crippen molar-refractivity contribution in [3.05, 3.63) is 29.8 Å². The lowest BCUT2D eigenvalue weighted by Crippen LogP contribution is -2.24. The molecule has 4 heteroatoms. The summed E-state index contributed by atoms with van der Waals surface area (Å²) < 4.78 is 0. The third-order valence-electron chi connectivity index (χ3n) is 2.31. The summed E-state index contributed by atoms with van der Waals surface area (Å²) in [6, 6.07) is 6.03. The van der Waals surface area contributed by atoms with Crippen LogP contribution in [0.4, 0.5) is 0 Å². The van der Waals surface area contributed by atoms with Gasteiger partial charge in [0.1, 0.15) is 5.75 Å². The zero-order chi connectivity index (χ0) is 10.7. The van der Waals surface area contributed by atoms with Gasteiger partial charge in [-0.05, 0) is 43.0 Å². The Balaban J connectivity index is 1.81. The molecule has 0 heterocycles. The van der Waals surface area contributed by atoms with E-state index in [1.54, 1.807) is 12.1 Å². The molecule has 4 nitrogen and oxygen atoms in total. The van der Waals surface area contributed by atoms with E-state index in [0.717, 1.165) is 0 Å². The zero-order valence-corrected chi connectivity index (χ0v) is 8.27. The number of phenols is 1. The Labute approximate surface area is 87.8 Å². The lowest BCUT2D eigenvalue weighted by Gasteiger charge is -2.04. The molecule has 80 valence electrons. The number of nitrogens with one attached hydrogen (secondary N) is 1. The van der Waals surface area contributed by atoms with Gasteiger partial charge >= 0.3 is 0 Å². The van der Waals surface area contributed by atoms with Crippen LogP contribution in [-0.4, -0.2) is 17.6 Å². The van der Waals surface area contributed by atoms with Gasteiger partial charge in [0.05, 0.1) is 6.61 Å². The maximum Gasteiger partial charge on any atom is 0.274 e. The first-order valence-electron chi connectivity index (χ1n) is 4.97. The van der Waals surface area contributed by atoms with E-state index in [9.17, 15) is 4.79 Å². The quantitative estimate of drug-likeness (QED) is 0.735. The minimum atomic E-state index is -0.282. The Kier molecular flexibility index (Phi) is 2.87. The van der Waals surface area contributed by atoms with Crippen LogP contribution in [0.3, 0.4) is 0 Å². The summed E-state index contributed by atoms with van der Waals surface area (Å²) in [7, 11) is 0. The molecule has 2 N–H and O–H groups in total. The molecule has 1 saturated carbocycles. The van der Waals surface area contributed by atoms with Crippen molar-refractivity contribution < 1.29 is 14.7 Å². The highest BCUT2D eigenvalue weighted by atomic mass is 16.7. The monoisotopic (exact) mass is 207 g/mol. The number of hydrogen-bond donors (Lipinski definition) is 2. The molecule has 0 aromatic heterocycles. The van der Waals surface area contributed by atoms with Crippen molar-refractivity contribution in [3.63, 3.8) is 0 Å². The van der Waals surface area contributed by atoms with Crippen LogP contribution in [0.1, 0.15) is 23.2 Å². The molecule has 0 radical (unpaired) electrons. The van der Waals surface area contributed by atoms with Gasteiger partial charge in [0.15, 0.2) is 0 Å². The summed E-state index contributed by atoms with van der Waals surface area (Å²) in [5.74, 6) is 0.478. The Morgan fingerprint density at radius 1 is 1.40 bits per heavy atom. The van der Waals surface area contributed by atoms with Gasteiger partial charge in [-0.2, -0.15) is 0 Å². The number of carbonyl (C=O) groups is 1. The molecule has 0 unspecified atom stereocenters. The highest BCUT2D eigenvalue weighted by Gasteiger charge is 2.21. The second-order valence-electron chi connectivity index (χ2n) is 3.73. The lowest BCUT2D eigenvalue weighted by atomic mass is 10.2. The number of rotatable bonds is 4. The van der Waals surface area contributed by atoms with Crippen molar-refractivity contribution in [2.24, 2.45) is 5.92 Å². The molecule has 1 aromatic rings. The topological polar surface area (TPSA) is 58.6 Å². The Hall–Kier alpha value is -1.55. The maximum atomic E-state index is 11.4. The van der Waals surface area contributed by atoms with Gasteiger partial charge in [-0.25, -0.2) is 5.48 Å². The molecule has 0 atom stereocenters. The molecule has 0 bridgehead atoms. The normalized spacial score (nSPS) is 14.9. The average molecular weight is 207 g/mol. The van der Waals surface area contributed by atoms with Crippen molar-refractivity contribution in [3.8, 4) is 5.75 Å². The van der Waals surface area contributed by atoms with Crippen molar-refractivity contribution in [2.45, 2.75) is 12.8 Å². The molecule has 0 aliphatic heterocycles. The van der Waals surface area contributed by atoms with Gasteiger partial charge in [-0.3, -0.25) is 9.63 Å². The second kappa shape index (κ2) is 4.31. The SMILES string of the molecule is O=C(NOCC1CC1)c1ccc(O)cc1. The Bertz CT molecular complexity index is 343. The Morgan fingerprint density at radius 2 is 2.07 bits per heavy atom. The minimum Gasteiger partial charge on any atom is -0.508 e. The highest BCUT2D eigenvalue weighted by molar-refractivity contribution is 5.93. The summed E-state index contributed by atoms with van der Waals surface area (Å²) in [5, 5.41) is 9.03. The lowest BCUT2D eigenvalue weighted by molar-refractivity contribution is 0.0270. The van der Waals surface area contributed by atoms with Crippen LogP contribution in [0.15, 0.2) is 24.3 Å². The highest BCUT2D eigenvalue weighted by Crippen LogP contribution is 2.28. The molecule has 1 aromatic carbocycles. The van der Waals surface area contributed by atoms with E-state index < -0.39 is 0 Å². The van der Waals surface area contributed by atoms with Crippen LogP contribution < -0.4 is 5.48 Å². The number of amides is 1. The zero-order valence-electron chi connectivity index (χ0n) is 8.27. The molecule has 1 fully saturated rings. The predicted molar refractivity (Wildman–Crippen MR) is 54.2 cm³/mol. The van der Waals surface area contributed by atoms with E-state index in [2.05, 4.69) is 5.48 Å². The standard InChI is InChI=1S/C11H13NO3/c13-10-5-3-9(4-6-10)11(14)12-15-7-8-1-2-8/h3-6,8,13H,1-2,7H2,(H,12,14). The summed E-state index contributed by atoms with van der Waals surface area (Å²) in [6.07, 6.45) is 2.38. The molecular formula is C11H13NO3. The third kappa shape index (κ3) is 2.95. The van der Waals surface area contributed by atoms with Crippen LogP contribution in [0, 0.1) is 5.92 Å². The summed E-state index contributed by atoms with van der Waals surface area (Å²) >= 11 is 0. The van der Waals surface area contributed by atoms with Gasteiger partial charge in [-0.1, -0.05) is 0 Å². The van der Waals surface area contributed by atoms with Crippen LogP contribution in [-0.2, 0) is 4.84 Å². The molecule has 1 aliphatic carbocycles. The van der Waals surface area contributed by atoms with E-state index in [1.165, 1.54) is 25.0 Å². The van der Waals surface area contributed by atoms with Crippen molar-refractivity contribution in [2.75, 3.05) is 6.61 Å². The summed E-state index contributed by atoms with van der Waals surface area (Å²) in [4.78, 5) is 16.5. The third-order valence-corrected chi connectivity index (χ3v) is 2.31. The number of phenolic OH excluding ortho intramolecular Hbond substituents is 1. The largest absolute Gasteiger partial charge is 0.508 e. The van der Waals surface area contributed by atoms with Gasteiger partial charge in [-0.15, -0.1) is 0 Å². The molecule has 2 rings (SSSR count). The number of hydroxylamine groups is 1. The van der Waals surface area contributed by atoms with Crippen molar-refractivity contribution >= 4 is 5.91 Å². The van der Waals surface area contributed by atoms with Crippen LogP contribution >= 0.6 is 0 Å². The minimum absolute atomic E-state index is 0.144. The van der Waals surface area contributed by atoms with Gasteiger partial charge in [0.2, 0.25) is 0 Å². The molecule has 15 heavy (non-hydrogen) atoms. The van der Waals surface area contributed by atoms with E-state index >= 15 is 0 Å². The fraction of sp³-hybridized carbons (Fsp3) is 0.364. The van der Waals surface area contributed by atoms with Crippen LogP contribution in [0.5, 0.6) is 5.75 Å². The van der Waals surface area contributed by atoms with E-state index in [-0.39, 0.29) is 11.7 Å². The predicted octanol–water partition coefficient (Wildman–Crippen LogP) is 1.46. The van der Waals surface area contributed by atoms with Gasteiger partial charge in [0, 0.05) is 5.56 Å². The second-order valence-corrected chi connectivity index (χ2v) is 3.73. The van der Waals surface area contributed by atoms with Crippen LogP contribution in [0.2, 0.25) is 0 Å². The van der Waals surface area contributed by atoms with E-state index in [4.69, 9.17) is 9.94 Å². The molecule has 1 aliphatic rings. The Morgan fingerprint density at radius 3 is 2.67 bits per heavy atom. The van der Waals surface area contributed by atoms with Gasteiger partial charge < -0.3 is 5.11 Å². The van der Waals surface area contributed by atoms with Crippen LogP contribution in [0.25, 0.3) is 0 Å². The molecule has 1 amide bonds. The molecular weight excluding hydrogens is 194 g/mol. The summed E-state index contributed by atoms with van der Waals surface area (Å²) in [5.41, 5.74) is 2.84.